The lowest BCUT2D eigenvalue weighted by Crippen LogP contribution is -2.31. The van der Waals surface area contributed by atoms with Gasteiger partial charge in [0.1, 0.15) is 6.33 Å². The number of aryl methyl sites for hydroxylation is 1. The van der Waals surface area contributed by atoms with Crippen LogP contribution < -0.4 is 11.4 Å². The van der Waals surface area contributed by atoms with Crippen molar-refractivity contribution in [1.82, 2.24) is 14.5 Å². The lowest BCUT2D eigenvalue weighted by atomic mass is 9.87. The Morgan fingerprint density at radius 1 is 1.08 bits per heavy atom. The molecule has 8 heteroatoms. The largest absolute Gasteiger partial charge is 0.350 e. The second-order valence-corrected chi connectivity index (χ2v) is 9.26. The highest BCUT2D eigenvalue weighted by Crippen LogP contribution is 2.25. The average molecular weight is 379 g/mol. The van der Waals surface area contributed by atoms with Crippen LogP contribution in [0.2, 0.25) is 0 Å². The van der Waals surface area contributed by atoms with Gasteiger partial charge in [-0.2, -0.15) is 4.98 Å². The van der Waals surface area contributed by atoms with Gasteiger partial charge in [-0.3, -0.25) is 9.55 Å². The maximum atomic E-state index is 12.4. The van der Waals surface area contributed by atoms with E-state index in [1.54, 1.807) is 0 Å². The Bertz CT molecular complexity index is 931. The molecule has 2 aromatic rings. The van der Waals surface area contributed by atoms with Crippen molar-refractivity contribution in [3.63, 3.8) is 0 Å². The number of nitrogens with one attached hydrogen (secondary N) is 1. The zero-order chi connectivity index (χ0) is 19.2. The van der Waals surface area contributed by atoms with Crippen molar-refractivity contribution < 1.29 is 8.42 Å². The Balaban J connectivity index is 1.81. The van der Waals surface area contributed by atoms with Crippen LogP contribution >= 0.6 is 0 Å². The highest BCUT2D eigenvalue weighted by molar-refractivity contribution is 7.91. The van der Waals surface area contributed by atoms with Crippen LogP contribution in [0, 0.1) is 0 Å². The maximum Gasteiger partial charge on any atom is 0.350 e. The van der Waals surface area contributed by atoms with E-state index in [9.17, 15) is 18.0 Å². The third kappa shape index (κ3) is 5.94. The zero-order valence-corrected chi connectivity index (χ0v) is 16.0. The van der Waals surface area contributed by atoms with Gasteiger partial charge in [-0.15, -0.1) is 0 Å². The summed E-state index contributed by atoms with van der Waals surface area (Å²) < 4.78 is 26.2. The maximum absolute atomic E-state index is 12.4. The van der Waals surface area contributed by atoms with E-state index >= 15 is 0 Å². The first-order valence-electron chi connectivity index (χ1n) is 8.61. The highest BCUT2D eigenvalue weighted by Gasteiger charge is 2.27. The number of hydrogen-bond acceptors (Lipinski definition) is 5. The van der Waals surface area contributed by atoms with Crippen molar-refractivity contribution in [2.24, 2.45) is 0 Å². The molecule has 0 aliphatic carbocycles. The van der Waals surface area contributed by atoms with Crippen molar-refractivity contribution in [3.8, 4) is 0 Å². The number of nitrogens with zero attached hydrogens (tertiary/aromatic N) is 2. The molecule has 0 radical (unpaired) electrons. The van der Waals surface area contributed by atoms with Gasteiger partial charge in [0.15, 0.2) is 9.84 Å². The van der Waals surface area contributed by atoms with Crippen molar-refractivity contribution in [2.45, 2.75) is 45.1 Å². The molecule has 0 aliphatic heterocycles. The topological polar surface area (TPSA) is 102 Å². The van der Waals surface area contributed by atoms with Crippen LogP contribution in [0.3, 0.4) is 0 Å². The van der Waals surface area contributed by atoms with Crippen molar-refractivity contribution >= 4 is 9.84 Å². The number of aromatic nitrogens is 3. The fourth-order valence-electron chi connectivity index (χ4n) is 2.90. The van der Waals surface area contributed by atoms with E-state index < -0.39 is 26.6 Å². The summed E-state index contributed by atoms with van der Waals surface area (Å²) in [4.78, 5) is 28.0. The van der Waals surface area contributed by atoms with Gasteiger partial charge >= 0.3 is 11.4 Å². The summed E-state index contributed by atoms with van der Waals surface area (Å²) in [6, 6.07) is 9.64. The fourth-order valence-corrected chi connectivity index (χ4v) is 4.96. The van der Waals surface area contributed by atoms with Crippen molar-refractivity contribution in [3.05, 3.63) is 63.2 Å². The number of sulfone groups is 1. The van der Waals surface area contributed by atoms with E-state index in [1.807, 2.05) is 44.2 Å². The van der Waals surface area contributed by atoms with Crippen LogP contribution in [0.25, 0.3) is 0 Å². The molecule has 2 rings (SSSR count). The summed E-state index contributed by atoms with van der Waals surface area (Å²) >= 11 is 0. The zero-order valence-electron chi connectivity index (χ0n) is 15.1. The highest BCUT2D eigenvalue weighted by atomic mass is 32.2. The fraction of sp³-hybridized carbons (Fsp3) is 0.500. The minimum absolute atomic E-state index is 0.104. The first kappa shape index (κ1) is 20.1. The molecule has 0 bridgehead atoms. The SMILES string of the molecule is CC(C)(CS(=O)(=O)CCCCCn1cnc(=O)[nH]c1=O)c1ccccc1. The normalized spacial score (nSPS) is 12.2. The quantitative estimate of drug-likeness (QED) is 0.665. The molecule has 0 saturated heterocycles. The van der Waals surface area contributed by atoms with Crippen LogP contribution in [0.5, 0.6) is 0 Å². The molecular weight excluding hydrogens is 354 g/mol. The smallest absolute Gasteiger partial charge is 0.284 e. The first-order chi connectivity index (χ1) is 12.2. The number of H-pyrrole nitrogens is 1. The summed E-state index contributed by atoms with van der Waals surface area (Å²) in [5.41, 5.74) is -0.594. The molecule has 1 aromatic heterocycles. The molecule has 0 amide bonds. The molecule has 0 unspecified atom stereocenters. The van der Waals surface area contributed by atoms with Gasteiger partial charge in [-0.1, -0.05) is 50.6 Å². The molecule has 1 N–H and O–H groups in total. The van der Waals surface area contributed by atoms with Gasteiger partial charge in [0.2, 0.25) is 0 Å². The van der Waals surface area contributed by atoms with Crippen LogP contribution in [0.15, 0.2) is 46.2 Å². The summed E-state index contributed by atoms with van der Waals surface area (Å²) in [6.45, 7) is 4.28. The van der Waals surface area contributed by atoms with E-state index in [-0.39, 0.29) is 11.5 Å². The molecule has 0 saturated carbocycles. The molecule has 1 aromatic carbocycles. The summed E-state index contributed by atoms with van der Waals surface area (Å²) in [6.07, 6.45) is 3.07. The molecule has 26 heavy (non-hydrogen) atoms. The number of hydrogen-bond donors (Lipinski definition) is 1. The summed E-state index contributed by atoms with van der Waals surface area (Å²) in [5, 5.41) is 0. The predicted octanol–water partition coefficient (Wildman–Crippen LogP) is 1.49. The van der Waals surface area contributed by atoms with Crippen LogP contribution in [0.1, 0.15) is 38.7 Å². The number of unbranched alkanes of at least 4 members (excludes halogenated alkanes) is 2. The van der Waals surface area contributed by atoms with Gasteiger partial charge in [0.05, 0.1) is 11.5 Å². The number of benzene rings is 1. The third-order valence-corrected chi connectivity index (χ3v) is 6.35. The van der Waals surface area contributed by atoms with E-state index in [0.717, 1.165) is 5.56 Å². The first-order valence-corrected chi connectivity index (χ1v) is 10.4. The molecule has 7 nitrogen and oxygen atoms in total. The molecule has 0 aliphatic rings. The molecule has 1 heterocycles. The molecule has 0 atom stereocenters. The minimum Gasteiger partial charge on any atom is -0.284 e. The Kier molecular flexibility index (Phi) is 6.52. The third-order valence-electron chi connectivity index (χ3n) is 4.28. The van der Waals surface area contributed by atoms with Crippen LogP contribution in [-0.4, -0.2) is 34.5 Å². The average Bonchev–Trinajstić information content (AvgIpc) is 2.56. The van der Waals surface area contributed by atoms with Crippen LogP contribution in [-0.2, 0) is 21.8 Å². The number of rotatable bonds is 9. The van der Waals surface area contributed by atoms with Gasteiger partial charge in [0.25, 0.3) is 0 Å². The summed E-state index contributed by atoms with van der Waals surface area (Å²) in [5.74, 6) is 0.231. The van der Waals surface area contributed by atoms with Gasteiger partial charge in [0, 0.05) is 12.0 Å². The molecule has 0 spiro atoms. The number of aromatic amines is 1. The van der Waals surface area contributed by atoms with Crippen molar-refractivity contribution in [2.75, 3.05) is 11.5 Å². The molecule has 142 valence electrons. The predicted molar refractivity (Wildman–Crippen MR) is 101 cm³/mol. The Morgan fingerprint density at radius 2 is 1.77 bits per heavy atom. The summed E-state index contributed by atoms with van der Waals surface area (Å²) in [7, 11) is -3.17. The molecular formula is C18H25N3O4S. The van der Waals surface area contributed by atoms with Gasteiger partial charge in [-0.05, 0) is 18.4 Å². The Morgan fingerprint density at radius 3 is 2.42 bits per heavy atom. The Hall–Kier alpha value is -2.22. The van der Waals surface area contributed by atoms with Crippen LogP contribution in [0.4, 0.5) is 0 Å². The van der Waals surface area contributed by atoms with E-state index in [0.29, 0.717) is 25.8 Å². The van der Waals surface area contributed by atoms with Gasteiger partial charge < -0.3 is 0 Å². The lowest BCUT2D eigenvalue weighted by Gasteiger charge is -2.25. The second kappa shape index (κ2) is 8.44. The van der Waals surface area contributed by atoms with Crippen molar-refractivity contribution in [1.29, 1.82) is 0 Å². The standard InChI is InChI=1S/C18H25N3O4S/c1-18(2,15-9-5-3-6-10-15)13-26(24,25)12-8-4-7-11-21-14-19-16(22)20-17(21)23/h3,5-6,9-10,14H,4,7-8,11-13H2,1-2H3,(H,20,22,23). The second-order valence-electron chi connectivity index (χ2n) is 7.08. The lowest BCUT2D eigenvalue weighted by molar-refractivity contribution is 0.537. The monoisotopic (exact) mass is 379 g/mol. The molecule has 0 fully saturated rings. The Labute approximate surface area is 153 Å². The van der Waals surface area contributed by atoms with Gasteiger partial charge in [-0.25, -0.2) is 18.0 Å². The van der Waals surface area contributed by atoms with E-state index in [2.05, 4.69) is 9.97 Å². The van der Waals surface area contributed by atoms with E-state index in [1.165, 1.54) is 10.9 Å². The minimum atomic E-state index is -3.17. The van der Waals surface area contributed by atoms with E-state index in [4.69, 9.17) is 0 Å².